The van der Waals surface area contributed by atoms with Crippen LogP contribution < -0.4 is 5.73 Å². The number of allylic oxidation sites excluding steroid dienone is 11. The van der Waals surface area contributed by atoms with Gasteiger partial charge in [-0.3, -0.25) is 0 Å². The molecule has 2 aliphatic rings. The van der Waals surface area contributed by atoms with Crippen molar-refractivity contribution in [3.63, 3.8) is 0 Å². The summed E-state index contributed by atoms with van der Waals surface area (Å²) in [6.45, 7) is 6.20. The predicted molar refractivity (Wildman–Crippen MR) is 247 cm³/mol. The third kappa shape index (κ3) is 6.38. The Morgan fingerprint density at radius 2 is 1.47 bits per heavy atom. The van der Waals surface area contributed by atoms with Gasteiger partial charge in [0.25, 0.3) is 0 Å². The van der Waals surface area contributed by atoms with Gasteiger partial charge in [0.1, 0.15) is 0 Å². The number of nitrogens with one attached hydrogen (secondary N) is 1. The van der Waals surface area contributed by atoms with Crippen LogP contribution >= 0.6 is 0 Å². The fraction of sp³-hybridized carbons (Fsp3) is 0.109. The monoisotopic (exact) mass is 734 g/mol. The van der Waals surface area contributed by atoms with E-state index in [0.29, 0.717) is 5.69 Å². The lowest BCUT2D eigenvalue weighted by Gasteiger charge is -2.34. The van der Waals surface area contributed by atoms with Crippen molar-refractivity contribution < 1.29 is 0 Å². The van der Waals surface area contributed by atoms with E-state index < -0.39 is 0 Å². The standard InChI is InChI=1S/C55H46N2/c1-3-5-6-7-17-36(4-2)52(35-56)49-32-39(29-31-53(49)57)38-28-30-48-51(33-38)54(45-27-16-20-37-18-8-10-21-41(37)45)46-25-14-15-26-47(46)55(48)50-34-40-19-9-11-22-42(40)43-23-12-13-24-44(43)50/h4-12,14-23,25-33,35,50,56H,2-3,13,24,34,57H2,1H3/b6-5-,17-7-,52-36-,56-35?. The second-order valence-electron chi connectivity index (χ2n) is 15.1. The summed E-state index contributed by atoms with van der Waals surface area (Å²) in [4.78, 5) is 0. The second kappa shape index (κ2) is 15.4. The molecule has 7 aromatic carbocycles. The highest BCUT2D eigenvalue weighted by Gasteiger charge is 2.31. The summed E-state index contributed by atoms with van der Waals surface area (Å²) in [6, 6.07) is 46.8. The molecule has 276 valence electrons. The molecule has 7 aromatic rings. The number of hydrogen-bond acceptors (Lipinski definition) is 2. The Morgan fingerprint density at radius 1 is 0.754 bits per heavy atom. The van der Waals surface area contributed by atoms with Gasteiger partial charge in [0.15, 0.2) is 0 Å². The molecule has 0 aliphatic heterocycles. The van der Waals surface area contributed by atoms with Gasteiger partial charge in [-0.2, -0.15) is 0 Å². The highest BCUT2D eigenvalue weighted by molar-refractivity contribution is 6.20. The van der Waals surface area contributed by atoms with E-state index in [2.05, 4.69) is 153 Å². The molecule has 0 aromatic heterocycles. The quantitative estimate of drug-likeness (QED) is 0.0660. The van der Waals surface area contributed by atoms with Crippen LogP contribution in [0, 0.1) is 5.41 Å². The second-order valence-corrected chi connectivity index (χ2v) is 15.1. The summed E-state index contributed by atoms with van der Waals surface area (Å²) in [7, 11) is 0. The van der Waals surface area contributed by atoms with E-state index in [1.165, 1.54) is 71.9 Å². The van der Waals surface area contributed by atoms with Crippen LogP contribution in [0.5, 0.6) is 0 Å². The lowest BCUT2D eigenvalue weighted by Crippen LogP contribution is -2.17. The highest BCUT2D eigenvalue weighted by Crippen LogP contribution is 2.51. The van der Waals surface area contributed by atoms with Gasteiger partial charge in [-0.15, -0.1) is 0 Å². The Balaban J connectivity index is 1.33. The molecular weight excluding hydrogens is 689 g/mol. The lowest BCUT2D eigenvalue weighted by atomic mass is 9.70. The van der Waals surface area contributed by atoms with Crippen molar-refractivity contribution in [3.8, 4) is 22.3 Å². The van der Waals surface area contributed by atoms with E-state index in [0.717, 1.165) is 53.5 Å². The summed E-state index contributed by atoms with van der Waals surface area (Å²) in [5.41, 5.74) is 21.5. The van der Waals surface area contributed by atoms with Gasteiger partial charge < -0.3 is 11.1 Å². The third-order valence-electron chi connectivity index (χ3n) is 11.9. The summed E-state index contributed by atoms with van der Waals surface area (Å²) in [5.74, 6) is 0.251. The van der Waals surface area contributed by atoms with Gasteiger partial charge >= 0.3 is 0 Å². The van der Waals surface area contributed by atoms with E-state index in [1.807, 2.05) is 24.3 Å². The van der Waals surface area contributed by atoms with Crippen LogP contribution in [-0.4, -0.2) is 6.21 Å². The Morgan fingerprint density at radius 3 is 2.32 bits per heavy atom. The van der Waals surface area contributed by atoms with Crippen molar-refractivity contribution in [1.29, 1.82) is 5.41 Å². The number of fused-ring (bicyclic) bond motifs is 5. The van der Waals surface area contributed by atoms with E-state index in [9.17, 15) is 0 Å². The van der Waals surface area contributed by atoms with Crippen molar-refractivity contribution in [2.75, 3.05) is 5.73 Å². The maximum atomic E-state index is 8.48. The topological polar surface area (TPSA) is 49.9 Å². The van der Waals surface area contributed by atoms with Crippen LogP contribution in [0.4, 0.5) is 5.69 Å². The summed E-state index contributed by atoms with van der Waals surface area (Å²) < 4.78 is 0. The van der Waals surface area contributed by atoms with E-state index in [1.54, 1.807) is 11.6 Å². The summed E-state index contributed by atoms with van der Waals surface area (Å²) in [6.07, 6.45) is 20.1. The van der Waals surface area contributed by atoms with Gasteiger partial charge in [0.2, 0.25) is 0 Å². The SMILES string of the molecule is C=CC(/C=C\C=C/CC)=C(\C=N)c1cc(-c2ccc3c(C4Cc5ccccc5C5=C4CCC=C5)c4ccccc4c(-c4cccc5ccccc45)c3c2)ccc1N. The first-order valence-electron chi connectivity index (χ1n) is 20.1. The Hall–Kier alpha value is -6.77. The number of benzene rings is 7. The number of rotatable bonds is 9. The largest absolute Gasteiger partial charge is 0.398 e. The minimum absolute atomic E-state index is 0.251. The zero-order chi connectivity index (χ0) is 38.9. The molecule has 2 nitrogen and oxygen atoms in total. The van der Waals surface area contributed by atoms with Crippen LogP contribution in [0.25, 0.3) is 65.7 Å². The van der Waals surface area contributed by atoms with Gasteiger partial charge in [-0.25, -0.2) is 0 Å². The molecule has 9 rings (SSSR count). The molecule has 1 unspecified atom stereocenters. The van der Waals surface area contributed by atoms with Crippen LogP contribution in [0.1, 0.15) is 54.4 Å². The van der Waals surface area contributed by atoms with E-state index in [-0.39, 0.29) is 5.92 Å². The van der Waals surface area contributed by atoms with Gasteiger partial charge in [0, 0.05) is 29.0 Å². The number of nitrogens with two attached hydrogens (primary N) is 1. The molecule has 0 amide bonds. The molecule has 0 heterocycles. The first-order chi connectivity index (χ1) is 28.1. The fourth-order valence-electron chi connectivity index (χ4n) is 9.31. The van der Waals surface area contributed by atoms with Gasteiger partial charge in [0.05, 0.1) is 0 Å². The smallest absolute Gasteiger partial charge is 0.0394 e. The first-order valence-corrected chi connectivity index (χ1v) is 20.1. The lowest BCUT2D eigenvalue weighted by molar-refractivity contribution is 0.730. The van der Waals surface area contributed by atoms with Crippen LogP contribution in [0.2, 0.25) is 0 Å². The Bertz CT molecular complexity index is 2900. The molecule has 0 saturated heterocycles. The third-order valence-corrected chi connectivity index (χ3v) is 11.9. The van der Waals surface area contributed by atoms with Gasteiger partial charge in [-0.05, 0) is 126 Å². The molecule has 3 N–H and O–H groups in total. The molecule has 1 atom stereocenters. The molecule has 2 aliphatic carbocycles. The number of nitrogen functional groups attached to an aromatic ring is 1. The highest BCUT2D eigenvalue weighted by atomic mass is 14.6. The van der Waals surface area contributed by atoms with Crippen LogP contribution in [0.15, 0.2) is 188 Å². The van der Waals surface area contributed by atoms with Crippen molar-refractivity contribution in [3.05, 3.63) is 210 Å². The summed E-state index contributed by atoms with van der Waals surface area (Å²) >= 11 is 0. The normalized spacial score (nSPS) is 15.7. The molecule has 0 fully saturated rings. The molecule has 0 bridgehead atoms. The van der Waals surface area contributed by atoms with Crippen molar-refractivity contribution in [2.45, 2.75) is 38.5 Å². The minimum atomic E-state index is 0.251. The fourth-order valence-corrected chi connectivity index (χ4v) is 9.31. The van der Waals surface area contributed by atoms with Crippen molar-refractivity contribution in [1.82, 2.24) is 0 Å². The average Bonchev–Trinajstić information content (AvgIpc) is 3.26. The molecule has 0 radical (unpaired) electrons. The number of anilines is 1. The maximum absolute atomic E-state index is 8.48. The van der Waals surface area contributed by atoms with Crippen LogP contribution in [-0.2, 0) is 6.42 Å². The minimum Gasteiger partial charge on any atom is -0.398 e. The molecular formula is C55H46N2. The predicted octanol–water partition coefficient (Wildman–Crippen LogP) is 14.6. The van der Waals surface area contributed by atoms with Gasteiger partial charge in [-0.1, -0.05) is 171 Å². The first kappa shape index (κ1) is 35.9. The van der Waals surface area contributed by atoms with Crippen molar-refractivity contribution in [2.24, 2.45) is 0 Å². The summed E-state index contributed by atoms with van der Waals surface area (Å²) in [5, 5.41) is 16.1. The zero-order valence-electron chi connectivity index (χ0n) is 32.4. The van der Waals surface area contributed by atoms with Crippen molar-refractivity contribution >= 4 is 55.4 Å². The molecule has 0 spiro atoms. The molecule has 2 heteroatoms. The Labute approximate surface area is 335 Å². The number of hydrogen-bond donors (Lipinski definition) is 2. The Kier molecular flexibility index (Phi) is 9.70. The van der Waals surface area contributed by atoms with Crippen LogP contribution in [0.3, 0.4) is 0 Å². The van der Waals surface area contributed by atoms with E-state index >= 15 is 0 Å². The zero-order valence-corrected chi connectivity index (χ0v) is 32.4. The maximum Gasteiger partial charge on any atom is 0.0394 e. The molecule has 57 heavy (non-hydrogen) atoms. The van der Waals surface area contributed by atoms with E-state index in [4.69, 9.17) is 11.1 Å². The average molecular weight is 735 g/mol. The molecule has 0 saturated carbocycles.